The monoisotopic (exact) mass is 325 g/mol. The summed E-state index contributed by atoms with van der Waals surface area (Å²) in [6.07, 6.45) is 0. The molecule has 0 bridgehead atoms. The number of sulfone groups is 1. The summed E-state index contributed by atoms with van der Waals surface area (Å²) in [7, 11) is -3.66. The van der Waals surface area contributed by atoms with E-state index in [9.17, 15) is 8.42 Å². The van der Waals surface area contributed by atoms with E-state index in [2.05, 4.69) is 0 Å². The Balaban J connectivity index is 2.05. The van der Waals surface area contributed by atoms with Crippen LogP contribution in [0.3, 0.4) is 0 Å². The fourth-order valence-corrected chi connectivity index (χ4v) is 3.59. The standard InChI is InChI=1S/C18H15NO3S/c19-14-7-6-8-15(13-14)22-17-11-4-5-12-18(17)23(20,21)16-9-2-1-3-10-16/h1-13H,19H2. The first kappa shape index (κ1) is 15.1. The minimum absolute atomic E-state index is 0.119. The van der Waals surface area contributed by atoms with E-state index in [0.29, 0.717) is 11.4 Å². The van der Waals surface area contributed by atoms with Gasteiger partial charge in [-0.05, 0) is 36.4 Å². The van der Waals surface area contributed by atoms with Crippen molar-refractivity contribution in [3.63, 3.8) is 0 Å². The van der Waals surface area contributed by atoms with Crippen LogP contribution in [0.5, 0.6) is 11.5 Å². The third-order valence-electron chi connectivity index (χ3n) is 3.28. The quantitative estimate of drug-likeness (QED) is 0.739. The van der Waals surface area contributed by atoms with Crippen molar-refractivity contribution < 1.29 is 13.2 Å². The number of hydrogen-bond acceptors (Lipinski definition) is 4. The van der Waals surface area contributed by atoms with Crippen LogP contribution >= 0.6 is 0 Å². The van der Waals surface area contributed by atoms with Crippen molar-refractivity contribution in [2.24, 2.45) is 0 Å². The second-order valence-corrected chi connectivity index (χ2v) is 6.86. The largest absolute Gasteiger partial charge is 0.456 e. The molecule has 0 spiro atoms. The van der Waals surface area contributed by atoms with Crippen LogP contribution in [-0.4, -0.2) is 8.42 Å². The van der Waals surface area contributed by atoms with Gasteiger partial charge in [-0.1, -0.05) is 36.4 Å². The van der Waals surface area contributed by atoms with Crippen LogP contribution in [0.4, 0.5) is 5.69 Å². The van der Waals surface area contributed by atoms with E-state index in [1.807, 2.05) is 0 Å². The van der Waals surface area contributed by atoms with Crippen molar-refractivity contribution in [2.75, 3.05) is 5.73 Å². The molecule has 0 radical (unpaired) electrons. The summed E-state index contributed by atoms with van der Waals surface area (Å²) in [6, 6.07) is 21.7. The maximum absolute atomic E-state index is 12.8. The zero-order chi connectivity index (χ0) is 16.3. The molecular weight excluding hydrogens is 310 g/mol. The van der Waals surface area contributed by atoms with Crippen molar-refractivity contribution in [3.8, 4) is 11.5 Å². The Morgan fingerprint density at radius 1 is 0.783 bits per heavy atom. The van der Waals surface area contributed by atoms with Crippen molar-refractivity contribution in [3.05, 3.63) is 78.9 Å². The average Bonchev–Trinajstić information content (AvgIpc) is 2.56. The molecular formula is C18H15NO3S. The van der Waals surface area contributed by atoms with Crippen LogP contribution in [0.25, 0.3) is 0 Å². The summed E-state index contributed by atoms with van der Waals surface area (Å²) < 4.78 is 31.4. The van der Waals surface area contributed by atoms with Crippen LogP contribution in [0.15, 0.2) is 88.7 Å². The van der Waals surface area contributed by atoms with Crippen LogP contribution in [0, 0.1) is 0 Å². The number of para-hydroxylation sites is 1. The number of rotatable bonds is 4. The average molecular weight is 325 g/mol. The summed E-state index contributed by atoms with van der Waals surface area (Å²) in [5.41, 5.74) is 6.28. The lowest BCUT2D eigenvalue weighted by atomic mass is 10.3. The van der Waals surface area contributed by atoms with E-state index in [0.717, 1.165) is 0 Å². The highest BCUT2D eigenvalue weighted by Crippen LogP contribution is 2.32. The van der Waals surface area contributed by atoms with Gasteiger partial charge in [-0.25, -0.2) is 8.42 Å². The summed E-state index contributed by atoms with van der Waals surface area (Å²) in [5.74, 6) is 0.752. The van der Waals surface area contributed by atoms with Gasteiger partial charge in [0.1, 0.15) is 16.4 Å². The summed E-state index contributed by atoms with van der Waals surface area (Å²) in [5, 5.41) is 0. The fraction of sp³-hybridized carbons (Fsp3) is 0. The van der Waals surface area contributed by atoms with Gasteiger partial charge in [-0.15, -0.1) is 0 Å². The van der Waals surface area contributed by atoms with E-state index < -0.39 is 9.84 Å². The molecule has 0 unspecified atom stereocenters. The second kappa shape index (κ2) is 6.14. The number of nitrogen functional groups attached to an aromatic ring is 1. The molecule has 0 amide bonds. The van der Waals surface area contributed by atoms with Gasteiger partial charge >= 0.3 is 0 Å². The van der Waals surface area contributed by atoms with Gasteiger partial charge in [0, 0.05) is 11.8 Å². The third-order valence-corrected chi connectivity index (χ3v) is 5.09. The molecule has 3 aromatic carbocycles. The topological polar surface area (TPSA) is 69.4 Å². The molecule has 3 aromatic rings. The molecule has 116 valence electrons. The molecule has 2 N–H and O–H groups in total. The van der Waals surface area contributed by atoms with Gasteiger partial charge < -0.3 is 10.5 Å². The summed E-state index contributed by atoms with van der Waals surface area (Å²) >= 11 is 0. The molecule has 0 fully saturated rings. The lowest BCUT2D eigenvalue weighted by Crippen LogP contribution is -2.04. The van der Waals surface area contributed by atoms with Crippen molar-refractivity contribution in [1.29, 1.82) is 0 Å². The highest BCUT2D eigenvalue weighted by molar-refractivity contribution is 7.91. The molecule has 0 heterocycles. The molecule has 4 nitrogen and oxygen atoms in total. The van der Waals surface area contributed by atoms with Crippen LogP contribution in [-0.2, 0) is 9.84 Å². The Bertz CT molecular complexity index is 922. The SMILES string of the molecule is Nc1cccc(Oc2ccccc2S(=O)(=O)c2ccccc2)c1. The number of ether oxygens (including phenoxy) is 1. The van der Waals surface area contributed by atoms with Crippen molar-refractivity contribution in [1.82, 2.24) is 0 Å². The van der Waals surface area contributed by atoms with Gasteiger partial charge in [0.25, 0.3) is 0 Å². The highest BCUT2D eigenvalue weighted by atomic mass is 32.2. The van der Waals surface area contributed by atoms with Gasteiger partial charge in [-0.3, -0.25) is 0 Å². The van der Waals surface area contributed by atoms with Crippen molar-refractivity contribution >= 4 is 15.5 Å². The van der Waals surface area contributed by atoms with E-state index in [1.54, 1.807) is 72.8 Å². The Kier molecular flexibility index (Phi) is 4.04. The normalized spacial score (nSPS) is 11.1. The molecule has 0 aliphatic rings. The maximum Gasteiger partial charge on any atom is 0.210 e. The fourth-order valence-electron chi connectivity index (χ4n) is 2.19. The highest BCUT2D eigenvalue weighted by Gasteiger charge is 2.22. The summed E-state index contributed by atoms with van der Waals surface area (Å²) in [4.78, 5) is 0.345. The first-order valence-corrected chi connectivity index (χ1v) is 8.48. The van der Waals surface area contributed by atoms with Gasteiger partial charge in [-0.2, -0.15) is 0 Å². The number of nitrogens with two attached hydrogens (primary N) is 1. The number of anilines is 1. The second-order valence-electron chi connectivity index (χ2n) is 4.94. The van der Waals surface area contributed by atoms with Crippen LogP contribution in [0.1, 0.15) is 0 Å². The Hall–Kier alpha value is -2.79. The van der Waals surface area contributed by atoms with Crippen LogP contribution in [0.2, 0.25) is 0 Å². The molecule has 0 aliphatic heterocycles. The third kappa shape index (κ3) is 3.19. The minimum Gasteiger partial charge on any atom is -0.456 e. The van der Waals surface area contributed by atoms with E-state index in [4.69, 9.17) is 10.5 Å². The van der Waals surface area contributed by atoms with E-state index in [-0.39, 0.29) is 15.5 Å². The molecule has 23 heavy (non-hydrogen) atoms. The molecule has 5 heteroatoms. The smallest absolute Gasteiger partial charge is 0.210 e. The lowest BCUT2D eigenvalue weighted by molar-refractivity contribution is 0.468. The molecule has 0 saturated heterocycles. The minimum atomic E-state index is -3.66. The summed E-state index contributed by atoms with van der Waals surface area (Å²) in [6.45, 7) is 0. The Labute approximate surface area is 135 Å². The predicted octanol–water partition coefficient (Wildman–Crippen LogP) is 3.89. The first-order valence-electron chi connectivity index (χ1n) is 7.00. The molecule has 0 aromatic heterocycles. The predicted molar refractivity (Wildman–Crippen MR) is 89.3 cm³/mol. The molecule has 0 saturated carbocycles. The van der Waals surface area contributed by atoms with Gasteiger partial charge in [0.2, 0.25) is 9.84 Å². The molecule has 3 rings (SSSR count). The zero-order valence-electron chi connectivity index (χ0n) is 12.2. The lowest BCUT2D eigenvalue weighted by Gasteiger charge is -2.12. The zero-order valence-corrected chi connectivity index (χ0v) is 13.0. The van der Waals surface area contributed by atoms with E-state index in [1.165, 1.54) is 6.07 Å². The van der Waals surface area contributed by atoms with Gasteiger partial charge in [0.05, 0.1) is 4.90 Å². The number of hydrogen-bond donors (Lipinski definition) is 1. The first-order chi connectivity index (χ1) is 11.1. The van der Waals surface area contributed by atoms with Crippen molar-refractivity contribution in [2.45, 2.75) is 9.79 Å². The Morgan fingerprint density at radius 3 is 2.22 bits per heavy atom. The van der Waals surface area contributed by atoms with Crippen LogP contribution < -0.4 is 10.5 Å². The van der Waals surface area contributed by atoms with Gasteiger partial charge in [0.15, 0.2) is 0 Å². The van der Waals surface area contributed by atoms with E-state index >= 15 is 0 Å². The Morgan fingerprint density at radius 2 is 1.48 bits per heavy atom. The molecule has 0 aliphatic carbocycles. The number of benzene rings is 3. The molecule has 0 atom stereocenters. The maximum atomic E-state index is 12.8.